The predicted octanol–water partition coefficient (Wildman–Crippen LogP) is 2.41. The number of amides is 1. The van der Waals surface area contributed by atoms with E-state index in [1.165, 1.54) is 40.3 Å². The number of benzene rings is 2. The normalized spacial score (nSPS) is 18.9. The first kappa shape index (κ1) is 18.5. The Hall–Kier alpha value is -2.87. The summed E-state index contributed by atoms with van der Waals surface area (Å²) < 4.78 is 27.9. The van der Waals surface area contributed by atoms with Crippen molar-refractivity contribution in [2.24, 2.45) is 5.92 Å². The van der Waals surface area contributed by atoms with Gasteiger partial charge < -0.3 is 10.0 Å². The van der Waals surface area contributed by atoms with Gasteiger partial charge in [-0.1, -0.05) is 6.07 Å². The maximum absolute atomic E-state index is 12.7. The highest BCUT2D eigenvalue weighted by Gasteiger charge is 2.35. The van der Waals surface area contributed by atoms with E-state index in [-0.39, 0.29) is 23.8 Å². The number of aliphatic carboxylic acids is 1. The number of aryl methyl sites for hydroxylation is 2. The maximum Gasteiger partial charge on any atom is 0.308 e. The van der Waals surface area contributed by atoms with Crippen molar-refractivity contribution in [3.8, 4) is 0 Å². The smallest absolute Gasteiger partial charge is 0.308 e. The Balaban J connectivity index is 1.51. The molecule has 1 atom stereocenters. The molecule has 28 heavy (non-hydrogen) atoms. The Morgan fingerprint density at radius 2 is 1.79 bits per heavy atom. The summed E-state index contributed by atoms with van der Waals surface area (Å²) in [5.41, 5.74) is 3.47. The molecule has 0 radical (unpaired) electrons. The molecule has 1 heterocycles. The van der Waals surface area contributed by atoms with Gasteiger partial charge in [0.15, 0.2) is 0 Å². The second-order valence-corrected chi connectivity index (χ2v) is 8.86. The number of sulfonamides is 1. The molecule has 2 aromatic rings. The number of nitrogens with one attached hydrogen (secondary N) is 1. The van der Waals surface area contributed by atoms with Crippen LogP contribution in [0.1, 0.15) is 24.0 Å². The fourth-order valence-corrected chi connectivity index (χ4v) is 4.83. The van der Waals surface area contributed by atoms with Crippen LogP contribution in [-0.4, -0.2) is 31.9 Å². The third kappa shape index (κ3) is 3.47. The lowest BCUT2D eigenvalue weighted by atomic mass is 10.1. The van der Waals surface area contributed by atoms with E-state index < -0.39 is 21.9 Å². The third-order valence-electron chi connectivity index (χ3n) is 5.28. The number of anilines is 2. The van der Waals surface area contributed by atoms with Crippen LogP contribution in [0.25, 0.3) is 0 Å². The van der Waals surface area contributed by atoms with E-state index in [2.05, 4.69) is 4.72 Å². The van der Waals surface area contributed by atoms with Crippen LogP contribution >= 0.6 is 0 Å². The van der Waals surface area contributed by atoms with Gasteiger partial charge in [-0.25, -0.2) is 8.42 Å². The Kier molecular flexibility index (Phi) is 4.58. The van der Waals surface area contributed by atoms with Crippen molar-refractivity contribution < 1.29 is 23.1 Å². The Bertz CT molecular complexity index is 1050. The summed E-state index contributed by atoms with van der Waals surface area (Å²) in [5.74, 6) is -2.02. The molecular weight excluding hydrogens is 380 g/mol. The van der Waals surface area contributed by atoms with Gasteiger partial charge in [0.25, 0.3) is 10.0 Å². The molecule has 0 bridgehead atoms. The van der Waals surface area contributed by atoms with Gasteiger partial charge in [-0.15, -0.1) is 0 Å². The minimum atomic E-state index is -3.76. The average molecular weight is 400 g/mol. The van der Waals surface area contributed by atoms with Gasteiger partial charge in [-0.3, -0.25) is 14.3 Å². The highest BCUT2D eigenvalue weighted by atomic mass is 32.2. The van der Waals surface area contributed by atoms with E-state index in [1.54, 1.807) is 6.07 Å². The topological polar surface area (TPSA) is 104 Å². The van der Waals surface area contributed by atoms with Gasteiger partial charge in [-0.05, 0) is 66.8 Å². The first-order chi connectivity index (χ1) is 13.3. The van der Waals surface area contributed by atoms with E-state index in [0.29, 0.717) is 11.4 Å². The first-order valence-electron chi connectivity index (χ1n) is 9.11. The summed E-state index contributed by atoms with van der Waals surface area (Å²) in [7, 11) is -3.76. The molecule has 0 spiro atoms. The Labute approximate surface area is 163 Å². The van der Waals surface area contributed by atoms with Crippen LogP contribution in [-0.2, 0) is 32.5 Å². The number of carbonyl (C=O) groups excluding carboxylic acids is 1. The maximum atomic E-state index is 12.7. The molecule has 0 unspecified atom stereocenters. The lowest BCUT2D eigenvalue weighted by molar-refractivity contribution is -0.141. The van der Waals surface area contributed by atoms with Crippen LogP contribution in [0.3, 0.4) is 0 Å². The SMILES string of the molecule is O=C(O)[C@@H]1CC(=O)N(c2ccc(S(=O)(=O)Nc3ccc4c(c3)CCC4)cc2)C1. The second kappa shape index (κ2) is 6.94. The summed E-state index contributed by atoms with van der Waals surface area (Å²) in [6, 6.07) is 11.5. The Morgan fingerprint density at radius 1 is 1.07 bits per heavy atom. The number of hydrogen-bond donors (Lipinski definition) is 2. The molecule has 1 aliphatic carbocycles. The van der Waals surface area contributed by atoms with Gasteiger partial charge in [-0.2, -0.15) is 0 Å². The molecule has 1 saturated heterocycles. The molecule has 8 heteroatoms. The minimum Gasteiger partial charge on any atom is -0.481 e. The zero-order valence-electron chi connectivity index (χ0n) is 15.1. The van der Waals surface area contributed by atoms with E-state index in [9.17, 15) is 18.0 Å². The zero-order chi connectivity index (χ0) is 19.9. The fraction of sp³-hybridized carbons (Fsp3) is 0.300. The molecule has 1 fully saturated rings. The standard InChI is InChI=1S/C20H20N2O5S/c23-19-11-15(20(24)25)12-22(19)17-6-8-18(9-7-17)28(26,27)21-16-5-4-13-2-1-3-14(13)10-16/h4-10,15,21H,1-3,11-12H2,(H,24,25)/t15-/m1/s1. The molecular formula is C20H20N2O5S. The van der Waals surface area contributed by atoms with Crippen molar-refractivity contribution in [3.05, 3.63) is 53.6 Å². The molecule has 1 aliphatic heterocycles. The summed E-state index contributed by atoms with van der Waals surface area (Å²) in [5, 5.41) is 9.08. The first-order valence-corrected chi connectivity index (χ1v) is 10.6. The summed E-state index contributed by atoms with van der Waals surface area (Å²) >= 11 is 0. The van der Waals surface area contributed by atoms with Gasteiger partial charge >= 0.3 is 5.97 Å². The summed E-state index contributed by atoms with van der Waals surface area (Å²) in [4.78, 5) is 24.6. The van der Waals surface area contributed by atoms with Crippen molar-refractivity contribution in [3.63, 3.8) is 0 Å². The second-order valence-electron chi connectivity index (χ2n) is 7.18. The number of hydrogen-bond acceptors (Lipinski definition) is 4. The highest BCUT2D eigenvalue weighted by Crippen LogP contribution is 2.28. The number of carboxylic acids is 1. The largest absolute Gasteiger partial charge is 0.481 e. The number of rotatable bonds is 5. The van der Waals surface area contributed by atoms with Crippen molar-refractivity contribution in [2.75, 3.05) is 16.2 Å². The molecule has 4 rings (SSSR count). The quantitative estimate of drug-likeness (QED) is 0.802. The number of nitrogens with zero attached hydrogens (tertiary/aromatic N) is 1. The van der Waals surface area contributed by atoms with E-state index >= 15 is 0 Å². The summed E-state index contributed by atoms with van der Waals surface area (Å²) in [6.45, 7) is 0.0909. The van der Waals surface area contributed by atoms with Gasteiger partial charge in [0, 0.05) is 24.3 Å². The lowest BCUT2D eigenvalue weighted by Gasteiger charge is -2.17. The predicted molar refractivity (Wildman–Crippen MR) is 104 cm³/mol. The van der Waals surface area contributed by atoms with Crippen molar-refractivity contribution in [1.82, 2.24) is 0 Å². The van der Waals surface area contributed by atoms with Crippen LogP contribution in [0, 0.1) is 5.92 Å². The molecule has 2 aliphatic rings. The van der Waals surface area contributed by atoms with Crippen molar-refractivity contribution in [1.29, 1.82) is 0 Å². The number of carbonyl (C=O) groups is 2. The molecule has 0 saturated carbocycles. The van der Waals surface area contributed by atoms with Crippen LogP contribution in [0.15, 0.2) is 47.4 Å². The average Bonchev–Trinajstić information content (AvgIpc) is 3.27. The monoisotopic (exact) mass is 400 g/mol. The third-order valence-corrected chi connectivity index (χ3v) is 6.68. The lowest BCUT2D eigenvalue weighted by Crippen LogP contribution is -2.25. The molecule has 0 aromatic heterocycles. The van der Waals surface area contributed by atoms with Crippen LogP contribution in [0.4, 0.5) is 11.4 Å². The van der Waals surface area contributed by atoms with E-state index in [4.69, 9.17) is 5.11 Å². The molecule has 146 valence electrons. The highest BCUT2D eigenvalue weighted by molar-refractivity contribution is 7.92. The van der Waals surface area contributed by atoms with E-state index in [1.807, 2.05) is 12.1 Å². The van der Waals surface area contributed by atoms with Crippen molar-refractivity contribution in [2.45, 2.75) is 30.6 Å². The fourth-order valence-electron chi connectivity index (χ4n) is 3.78. The Morgan fingerprint density at radius 3 is 2.46 bits per heavy atom. The zero-order valence-corrected chi connectivity index (χ0v) is 15.9. The van der Waals surface area contributed by atoms with Gasteiger partial charge in [0.2, 0.25) is 5.91 Å². The van der Waals surface area contributed by atoms with Crippen LogP contribution < -0.4 is 9.62 Å². The summed E-state index contributed by atoms with van der Waals surface area (Å²) in [6.07, 6.45) is 3.03. The van der Waals surface area contributed by atoms with Crippen LogP contribution in [0.5, 0.6) is 0 Å². The van der Waals surface area contributed by atoms with E-state index in [0.717, 1.165) is 19.3 Å². The molecule has 7 nitrogen and oxygen atoms in total. The van der Waals surface area contributed by atoms with Gasteiger partial charge in [0.05, 0.1) is 10.8 Å². The number of carboxylic acid groups (broad SMARTS) is 1. The molecule has 1 amide bonds. The molecule has 2 aromatic carbocycles. The van der Waals surface area contributed by atoms with Crippen molar-refractivity contribution >= 4 is 33.3 Å². The van der Waals surface area contributed by atoms with Gasteiger partial charge in [0.1, 0.15) is 0 Å². The minimum absolute atomic E-state index is 0.0464. The number of fused-ring (bicyclic) bond motifs is 1. The van der Waals surface area contributed by atoms with Crippen LogP contribution in [0.2, 0.25) is 0 Å². The molecule has 2 N–H and O–H groups in total.